The first-order chi connectivity index (χ1) is 9.09. The summed E-state index contributed by atoms with van der Waals surface area (Å²) in [5.74, 6) is -1.12. The molecule has 1 aromatic carbocycles. The van der Waals surface area contributed by atoms with Crippen molar-refractivity contribution in [2.24, 2.45) is 11.8 Å². The average Bonchev–Trinajstić information content (AvgIpc) is 2.37. The summed E-state index contributed by atoms with van der Waals surface area (Å²) < 4.78 is 19.0. The lowest BCUT2D eigenvalue weighted by molar-refractivity contribution is 0.0685. The molecule has 1 aromatic rings. The Labute approximate surface area is 111 Å². The Morgan fingerprint density at radius 1 is 1.42 bits per heavy atom. The highest BCUT2D eigenvalue weighted by Gasteiger charge is 2.21. The molecule has 0 heterocycles. The number of carbonyl (C=O) groups is 1. The fourth-order valence-corrected chi connectivity index (χ4v) is 2.27. The number of ether oxygens (including phenoxy) is 1. The van der Waals surface area contributed by atoms with E-state index in [-0.39, 0.29) is 11.3 Å². The van der Waals surface area contributed by atoms with Crippen LogP contribution in [0.5, 0.6) is 5.75 Å². The number of aromatic carboxylic acids is 1. The Hall–Kier alpha value is -1.84. The van der Waals surface area contributed by atoms with Crippen LogP contribution in [0.25, 0.3) is 0 Å². The van der Waals surface area contributed by atoms with Gasteiger partial charge in [-0.05, 0) is 36.8 Å². The van der Waals surface area contributed by atoms with Crippen LogP contribution in [0.2, 0.25) is 0 Å². The van der Waals surface area contributed by atoms with Gasteiger partial charge in [-0.25, -0.2) is 9.18 Å². The molecule has 0 bridgehead atoms. The fourth-order valence-electron chi connectivity index (χ4n) is 2.27. The van der Waals surface area contributed by atoms with E-state index in [0.29, 0.717) is 18.4 Å². The van der Waals surface area contributed by atoms with Gasteiger partial charge in [-0.2, -0.15) is 0 Å². The molecule has 19 heavy (non-hydrogen) atoms. The first kappa shape index (κ1) is 13.6. The topological polar surface area (TPSA) is 46.5 Å². The number of carboxylic acid groups (broad SMARTS) is 1. The summed E-state index contributed by atoms with van der Waals surface area (Å²) in [5.41, 5.74) is -0.387. The van der Waals surface area contributed by atoms with Gasteiger partial charge >= 0.3 is 5.97 Å². The Morgan fingerprint density at radius 2 is 2.16 bits per heavy atom. The summed E-state index contributed by atoms with van der Waals surface area (Å²) in [6.07, 6.45) is 6.17. The monoisotopic (exact) mass is 264 g/mol. The lowest BCUT2D eigenvalue weighted by Crippen LogP contribution is -2.21. The standard InChI is InChI=1S/C15H17FO3/c1-10-5-2-3-6-11(10)9-19-13-8-4-7-12(16)14(13)15(17)18/h2-4,7-8,10-11H,5-6,9H2,1H3,(H,17,18). The van der Waals surface area contributed by atoms with E-state index in [4.69, 9.17) is 9.84 Å². The summed E-state index contributed by atoms with van der Waals surface area (Å²) >= 11 is 0. The van der Waals surface area contributed by atoms with Gasteiger partial charge in [0.05, 0.1) is 6.61 Å². The zero-order valence-corrected chi connectivity index (χ0v) is 10.8. The normalized spacial score (nSPS) is 22.2. The highest BCUT2D eigenvalue weighted by Crippen LogP contribution is 2.27. The molecule has 0 saturated heterocycles. The minimum atomic E-state index is -1.30. The molecule has 102 valence electrons. The third kappa shape index (κ3) is 3.13. The molecular formula is C15H17FO3. The SMILES string of the molecule is CC1CC=CCC1COc1cccc(F)c1C(=O)O. The molecule has 1 N–H and O–H groups in total. The van der Waals surface area contributed by atoms with E-state index < -0.39 is 11.8 Å². The molecule has 2 atom stereocenters. The van der Waals surface area contributed by atoms with E-state index in [1.165, 1.54) is 12.1 Å². The van der Waals surface area contributed by atoms with Gasteiger partial charge in [-0.15, -0.1) is 0 Å². The lowest BCUT2D eigenvalue weighted by atomic mass is 9.85. The van der Waals surface area contributed by atoms with Crippen molar-refractivity contribution < 1.29 is 19.0 Å². The summed E-state index contributed by atoms with van der Waals surface area (Å²) in [5, 5.41) is 9.00. The van der Waals surface area contributed by atoms with Crippen LogP contribution in [-0.2, 0) is 0 Å². The highest BCUT2D eigenvalue weighted by molar-refractivity contribution is 5.91. The van der Waals surface area contributed by atoms with Crippen LogP contribution in [0.3, 0.4) is 0 Å². The van der Waals surface area contributed by atoms with E-state index in [1.54, 1.807) is 0 Å². The second-order valence-electron chi connectivity index (χ2n) is 4.91. The van der Waals surface area contributed by atoms with E-state index >= 15 is 0 Å². The maximum atomic E-state index is 13.5. The van der Waals surface area contributed by atoms with Crippen molar-refractivity contribution in [2.45, 2.75) is 19.8 Å². The molecule has 2 rings (SSSR count). The van der Waals surface area contributed by atoms with Crippen molar-refractivity contribution in [1.29, 1.82) is 0 Å². The van der Waals surface area contributed by atoms with E-state index in [0.717, 1.165) is 18.9 Å². The molecule has 1 aliphatic carbocycles. The van der Waals surface area contributed by atoms with Gasteiger partial charge in [0, 0.05) is 0 Å². The van der Waals surface area contributed by atoms with Crippen molar-refractivity contribution in [2.75, 3.05) is 6.61 Å². The Morgan fingerprint density at radius 3 is 2.84 bits per heavy atom. The molecule has 0 aromatic heterocycles. The van der Waals surface area contributed by atoms with Gasteiger partial charge in [-0.3, -0.25) is 0 Å². The first-order valence-corrected chi connectivity index (χ1v) is 6.39. The largest absolute Gasteiger partial charge is 0.492 e. The van der Waals surface area contributed by atoms with Gasteiger partial charge in [0.1, 0.15) is 17.1 Å². The van der Waals surface area contributed by atoms with Gasteiger partial charge in [0.15, 0.2) is 0 Å². The molecule has 0 saturated carbocycles. The van der Waals surface area contributed by atoms with Crippen molar-refractivity contribution in [3.8, 4) is 5.75 Å². The second kappa shape index (κ2) is 5.87. The predicted molar refractivity (Wildman–Crippen MR) is 69.9 cm³/mol. The summed E-state index contributed by atoms with van der Waals surface area (Å²) in [6.45, 7) is 2.55. The highest BCUT2D eigenvalue weighted by atomic mass is 19.1. The Kier molecular flexibility index (Phi) is 4.20. The summed E-state index contributed by atoms with van der Waals surface area (Å²) in [4.78, 5) is 11.0. The first-order valence-electron chi connectivity index (χ1n) is 6.39. The molecule has 4 heteroatoms. The summed E-state index contributed by atoms with van der Waals surface area (Å²) in [6, 6.07) is 4.08. The number of carboxylic acids is 1. The number of halogens is 1. The maximum absolute atomic E-state index is 13.5. The van der Waals surface area contributed by atoms with Crippen LogP contribution in [0.4, 0.5) is 4.39 Å². The molecular weight excluding hydrogens is 247 g/mol. The third-order valence-electron chi connectivity index (χ3n) is 3.56. The number of benzene rings is 1. The minimum absolute atomic E-state index is 0.106. The van der Waals surface area contributed by atoms with E-state index in [9.17, 15) is 9.18 Å². The van der Waals surface area contributed by atoms with Gasteiger partial charge < -0.3 is 9.84 Å². The molecule has 0 fully saturated rings. The number of hydrogen-bond acceptors (Lipinski definition) is 2. The second-order valence-corrected chi connectivity index (χ2v) is 4.91. The van der Waals surface area contributed by atoms with Gasteiger partial charge in [0.25, 0.3) is 0 Å². The average molecular weight is 264 g/mol. The van der Waals surface area contributed by atoms with Crippen LogP contribution < -0.4 is 4.74 Å². The van der Waals surface area contributed by atoms with E-state index in [1.807, 2.05) is 0 Å². The number of rotatable bonds is 4. The predicted octanol–water partition coefficient (Wildman–Crippen LogP) is 3.51. The molecule has 0 aliphatic heterocycles. The molecule has 1 aliphatic rings. The quantitative estimate of drug-likeness (QED) is 0.846. The Bertz CT molecular complexity index is 496. The van der Waals surface area contributed by atoms with Crippen LogP contribution in [0.15, 0.2) is 30.4 Å². The van der Waals surface area contributed by atoms with Crippen LogP contribution >= 0.6 is 0 Å². The molecule has 2 unspecified atom stereocenters. The van der Waals surface area contributed by atoms with Crippen molar-refractivity contribution in [3.05, 3.63) is 41.7 Å². The van der Waals surface area contributed by atoms with Crippen molar-refractivity contribution >= 4 is 5.97 Å². The summed E-state index contributed by atoms with van der Waals surface area (Å²) in [7, 11) is 0. The smallest absolute Gasteiger partial charge is 0.342 e. The van der Waals surface area contributed by atoms with Gasteiger partial charge in [-0.1, -0.05) is 25.1 Å². The van der Waals surface area contributed by atoms with E-state index in [2.05, 4.69) is 19.1 Å². The molecule has 0 spiro atoms. The fraction of sp³-hybridized carbons (Fsp3) is 0.400. The lowest BCUT2D eigenvalue weighted by Gasteiger charge is -2.25. The van der Waals surface area contributed by atoms with Crippen LogP contribution in [0.1, 0.15) is 30.1 Å². The Balaban J connectivity index is 2.09. The van der Waals surface area contributed by atoms with Crippen LogP contribution in [0, 0.1) is 17.7 Å². The molecule has 0 radical (unpaired) electrons. The molecule has 3 nitrogen and oxygen atoms in total. The van der Waals surface area contributed by atoms with Crippen molar-refractivity contribution in [1.82, 2.24) is 0 Å². The number of hydrogen-bond donors (Lipinski definition) is 1. The number of allylic oxidation sites excluding steroid dienone is 2. The van der Waals surface area contributed by atoms with Crippen molar-refractivity contribution in [3.63, 3.8) is 0 Å². The van der Waals surface area contributed by atoms with Crippen LogP contribution in [-0.4, -0.2) is 17.7 Å². The minimum Gasteiger partial charge on any atom is -0.492 e. The zero-order chi connectivity index (χ0) is 13.8. The third-order valence-corrected chi connectivity index (χ3v) is 3.56. The van der Waals surface area contributed by atoms with Gasteiger partial charge in [0.2, 0.25) is 0 Å². The molecule has 0 amide bonds. The zero-order valence-electron chi connectivity index (χ0n) is 10.8. The maximum Gasteiger partial charge on any atom is 0.342 e.